The Balaban J connectivity index is 1.75. The number of ether oxygens (including phenoxy) is 1. The van der Waals surface area contributed by atoms with Gasteiger partial charge < -0.3 is 9.15 Å². The predicted molar refractivity (Wildman–Crippen MR) is 101 cm³/mol. The van der Waals surface area contributed by atoms with Crippen LogP contribution >= 0.6 is 11.6 Å². The molecule has 4 rings (SSSR count). The summed E-state index contributed by atoms with van der Waals surface area (Å²) < 4.78 is 11.2. The van der Waals surface area contributed by atoms with E-state index in [0.29, 0.717) is 22.0 Å². The van der Waals surface area contributed by atoms with Gasteiger partial charge in [-0.15, -0.1) is 0 Å². The van der Waals surface area contributed by atoms with Gasteiger partial charge in [-0.3, -0.25) is 0 Å². The first-order valence-electron chi connectivity index (χ1n) is 8.23. The molecule has 2 heterocycles. The second kappa shape index (κ2) is 6.77. The van der Waals surface area contributed by atoms with Crippen molar-refractivity contribution in [2.75, 3.05) is 0 Å². The summed E-state index contributed by atoms with van der Waals surface area (Å²) in [5.41, 5.74) is 2.51. The van der Waals surface area contributed by atoms with Crippen molar-refractivity contribution in [2.24, 2.45) is 0 Å². The van der Waals surface area contributed by atoms with Gasteiger partial charge in [0.05, 0.1) is 10.9 Å². The molecular weight excluding hydrogens is 352 g/mol. The van der Waals surface area contributed by atoms with Crippen molar-refractivity contribution in [2.45, 2.75) is 20.0 Å². The zero-order valence-corrected chi connectivity index (χ0v) is 14.8. The van der Waals surface area contributed by atoms with Gasteiger partial charge in [0.15, 0.2) is 0 Å². The molecule has 0 aliphatic heterocycles. The first kappa shape index (κ1) is 16.5. The average Bonchev–Trinajstić information content (AvgIpc) is 2.66. The van der Waals surface area contributed by atoms with E-state index in [1.807, 2.05) is 43.3 Å². The van der Waals surface area contributed by atoms with E-state index in [0.717, 1.165) is 28.3 Å². The Morgan fingerprint density at radius 2 is 1.92 bits per heavy atom. The third-order valence-electron chi connectivity index (χ3n) is 4.25. The maximum absolute atomic E-state index is 11.9. The highest BCUT2D eigenvalue weighted by Crippen LogP contribution is 2.27. The molecule has 0 saturated carbocycles. The Kier molecular flexibility index (Phi) is 4.31. The third-order valence-corrected chi connectivity index (χ3v) is 4.60. The number of nitrogens with zero attached hydrogens (tertiary/aromatic N) is 2. The summed E-state index contributed by atoms with van der Waals surface area (Å²) in [4.78, 5) is 20.4. The minimum atomic E-state index is -0.423. The maximum Gasteiger partial charge on any atom is 0.336 e. The normalized spacial score (nSPS) is 11.2. The van der Waals surface area contributed by atoms with Crippen LogP contribution in [0.3, 0.4) is 0 Å². The number of hydrogen-bond donors (Lipinski definition) is 0. The largest absolute Gasteiger partial charge is 0.472 e. The summed E-state index contributed by atoms with van der Waals surface area (Å²) >= 11 is 6.33. The molecular formula is C20H15ClN2O3. The number of halogens is 1. The van der Waals surface area contributed by atoms with Crippen LogP contribution in [0.1, 0.15) is 18.1 Å². The molecule has 0 bridgehead atoms. The van der Waals surface area contributed by atoms with E-state index in [1.165, 1.54) is 12.4 Å². The summed E-state index contributed by atoms with van der Waals surface area (Å²) in [5, 5.41) is 2.21. The van der Waals surface area contributed by atoms with Crippen LogP contribution in [0.15, 0.2) is 58.0 Å². The molecule has 0 amide bonds. The fraction of sp³-hybridized carbons (Fsp3) is 0.150. The first-order valence-corrected chi connectivity index (χ1v) is 8.61. The molecule has 4 aromatic rings. The van der Waals surface area contributed by atoms with E-state index in [2.05, 4.69) is 9.97 Å². The summed E-state index contributed by atoms with van der Waals surface area (Å²) in [6.07, 6.45) is 2.21. The van der Waals surface area contributed by atoms with E-state index >= 15 is 0 Å². The van der Waals surface area contributed by atoms with Crippen LogP contribution in [0.4, 0.5) is 0 Å². The number of benzene rings is 2. The van der Waals surface area contributed by atoms with E-state index in [1.54, 1.807) is 0 Å². The van der Waals surface area contributed by atoms with E-state index < -0.39 is 5.63 Å². The predicted octanol–water partition coefficient (Wildman–Crippen LogP) is 4.53. The van der Waals surface area contributed by atoms with Gasteiger partial charge in [-0.2, -0.15) is 0 Å². The van der Waals surface area contributed by atoms with Crippen molar-refractivity contribution in [1.29, 1.82) is 0 Å². The average molecular weight is 367 g/mol. The molecule has 0 aliphatic rings. The highest BCUT2D eigenvalue weighted by atomic mass is 35.5. The molecule has 130 valence electrons. The lowest BCUT2D eigenvalue weighted by molar-refractivity contribution is 0.298. The van der Waals surface area contributed by atoms with Crippen molar-refractivity contribution < 1.29 is 9.15 Å². The van der Waals surface area contributed by atoms with Gasteiger partial charge in [-0.25, -0.2) is 14.8 Å². The lowest BCUT2D eigenvalue weighted by Crippen LogP contribution is -2.05. The van der Waals surface area contributed by atoms with Crippen LogP contribution < -0.4 is 10.4 Å². The van der Waals surface area contributed by atoms with Gasteiger partial charge in [0.1, 0.15) is 18.5 Å². The zero-order valence-electron chi connectivity index (χ0n) is 14.0. The topological polar surface area (TPSA) is 65.2 Å². The number of rotatable bonds is 4. The highest BCUT2D eigenvalue weighted by molar-refractivity contribution is 6.32. The van der Waals surface area contributed by atoms with Crippen molar-refractivity contribution >= 4 is 33.5 Å². The van der Waals surface area contributed by atoms with Crippen LogP contribution in [-0.2, 0) is 13.0 Å². The van der Waals surface area contributed by atoms with E-state index in [9.17, 15) is 4.79 Å². The number of fused-ring (bicyclic) bond motifs is 2. The second-order valence-electron chi connectivity index (χ2n) is 5.87. The van der Waals surface area contributed by atoms with Gasteiger partial charge in [0.2, 0.25) is 5.88 Å². The number of para-hydroxylation sites is 1. The Morgan fingerprint density at radius 1 is 1.08 bits per heavy atom. The third kappa shape index (κ3) is 3.02. The van der Waals surface area contributed by atoms with Crippen LogP contribution in [-0.4, -0.2) is 9.97 Å². The Bertz CT molecular complexity index is 1170. The Hall–Kier alpha value is -2.92. The number of aromatic nitrogens is 2. The molecule has 0 spiro atoms. The standard InChI is InChI=1S/C20H15ClN2O3/c1-2-12-7-18-15(9-16(12)21)13(8-19(24)26-18)10-25-20-14-5-3-4-6-17(14)22-11-23-20/h3-9,11H,2,10H2,1H3. The molecule has 6 heteroatoms. The molecule has 5 nitrogen and oxygen atoms in total. The van der Waals surface area contributed by atoms with Crippen LogP contribution in [0.2, 0.25) is 5.02 Å². The number of aryl methyl sites for hydroxylation is 1. The lowest BCUT2D eigenvalue weighted by atomic mass is 10.1. The minimum absolute atomic E-state index is 0.172. The van der Waals surface area contributed by atoms with Crippen LogP contribution in [0.25, 0.3) is 21.9 Å². The Morgan fingerprint density at radius 3 is 2.77 bits per heavy atom. The summed E-state index contributed by atoms with van der Waals surface area (Å²) in [5.74, 6) is 0.466. The van der Waals surface area contributed by atoms with Gasteiger partial charge >= 0.3 is 5.63 Å². The van der Waals surface area contributed by atoms with Gasteiger partial charge in [0, 0.05) is 22.0 Å². The smallest absolute Gasteiger partial charge is 0.336 e. The van der Waals surface area contributed by atoms with E-state index in [-0.39, 0.29) is 6.61 Å². The molecule has 0 fully saturated rings. The minimum Gasteiger partial charge on any atom is -0.472 e. The molecule has 26 heavy (non-hydrogen) atoms. The molecule has 2 aromatic carbocycles. The summed E-state index contributed by atoms with van der Waals surface area (Å²) in [6, 6.07) is 12.6. The molecule has 0 unspecified atom stereocenters. The van der Waals surface area contributed by atoms with Crippen LogP contribution in [0, 0.1) is 0 Å². The number of hydrogen-bond acceptors (Lipinski definition) is 5. The molecule has 0 atom stereocenters. The fourth-order valence-corrected chi connectivity index (χ4v) is 3.22. The molecule has 0 radical (unpaired) electrons. The monoisotopic (exact) mass is 366 g/mol. The molecule has 0 saturated heterocycles. The first-order chi connectivity index (χ1) is 12.7. The van der Waals surface area contributed by atoms with Gasteiger partial charge in [-0.1, -0.05) is 30.7 Å². The second-order valence-corrected chi connectivity index (χ2v) is 6.28. The molecule has 0 N–H and O–H groups in total. The molecule has 0 aliphatic carbocycles. The van der Waals surface area contributed by atoms with Crippen molar-refractivity contribution in [1.82, 2.24) is 9.97 Å². The SMILES string of the molecule is CCc1cc2oc(=O)cc(COc3ncnc4ccccc34)c2cc1Cl. The van der Waals surface area contributed by atoms with Crippen molar-refractivity contribution in [3.8, 4) is 5.88 Å². The summed E-state index contributed by atoms with van der Waals surface area (Å²) in [6.45, 7) is 2.17. The Labute approximate surface area is 154 Å². The lowest BCUT2D eigenvalue weighted by Gasteiger charge is -2.10. The molecule has 2 aromatic heterocycles. The van der Waals surface area contributed by atoms with E-state index in [4.69, 9.17) is 20.8 Å². The zero-order chi connectivity index (χ0) is 18.1. The van der Waals surface area contributed by atoms with Crippen LogP contribution in [0.5, 0.6) is 5.88 Å². The van der Waals surface area contributed by atoms with Gasteiger partial charge in [-0.05, 0) is 36.2 Å². The fourth-order valence-electron chi connectivity index (χ4n) is 2.92. The van der Waals surface area contributed by atoms with Crippen molar-refractivity contribution in [3.63, 3.8) is 0 Å². The van der Waals surface area contributed by atoms with Crippen molar-refractivity contribution in [3.05, 3.63) is 75.4 Å². The van der Waals surface area contributed by atoms with Gasteiger partial charge in [0.25, 0.3) is 0 Å². The maximum atomic E-state index is 11.9. The summed E-state index contributed by atoms with van der Waals surface area (Å²) in [7, 11) is 0. The quantitative estimate of drug-likeness (QED) is 0.496. The highest BCUT2D eigenvalue weighted by Gasteiger charge is 2.11.